The largest absolute Gasteiger partial charge is 0.385 e. The van der Waals surface area contributed by atoms with Crippen molar-refractivity contribution < 1.29 is 13.9 Å². The highest BCUT2D eigenvalue weighted by atomic mass is 19.1. The highest BCUT2D eigenvalue weighted by Crippen LogP contribution is 2.43. The number of hydrogen-bond acceptors (Lipinski definition) is 6. The molecule has 2 saturated carbocycles. The quantitative estimate of drug-likeness (QED) is 0.315. The smallest absolute Gasteiger partial charge is 0.229 e. The number of nitrogens with zero attached hydrogens (tertiary/aromatic N) is 4. The first-order valence-corrected chi connectivity index (χ1v) is 13.3. The zero-order valence-electron chi connectivity index (χ0n) is 21.5. The minimum atomic E-state index is -1.15. The molecule has 0 spiro atoms. The molecule has 6 rings (SSSR count). The lowest BCUT2D eigenvalue weighted by Gasteiger charge is -2.37. The Balaban J connectivity index is 1.34. The number of rotatable bonds is 5. The van der Waals surface area contributed by atoms with Crippen molar-refractivity contribution in [3.63, 3.8) is 0 Å². The van der Waals surface area contributed by atoms with E-state index in [1.54, 1.807) is 30.7 Å². The summed E-state index contributed by atoms with van der Waals surface area (Å²) >= 11 is 0. The standard InChI is InChI=1S/C29H32F2N6O/c1-16-10-18(11-24(32)17(16)2)21-6-9-33-15-26(21)35-28-34-14-20-4-5-25(36-37(20)28)27-22(30)12-19(13-23(27)31)29(38)7-3-8-29/h4-6,9,12-18,24,38H,3,7-8,10-11,32H2,1-2H3,(H,34,35). The molecule has 4 unspecified atom stereocenters. The average Bonchev–Trinajstić information content (AvgIpc) is 3.27. The van der Waals surface area contributed by atoms with Crippen LogP contribution in [0.3, 0.4) is 0 Å². The van der Waals surface area contributed by atoms with E-state index in [9.17, 15) is 5.11 Å². The van der Waals surface area contributed by atoms with Crippen LogP contribution in [0.4, 0.5) is 20.4 Å². The number of aliphatic hydroxyl groups is 1. The van der Waals surface area contributed by atoms with Gasteiger partial charge in [-0.3, -0.25) is 4.98 Å². The average molecular weight is 519 g/mol. The lowest BCUT2D eigenvalue weighted by molar-refractivity contribution is -0.0392. The SMILES string of the molecule is CC1CC(c2ccncc2Nc2ncc3ccc(-c4c(F)cc(C5(O)CCC5)cc4F)nn23)CC(N)C1C. The monoisotopic (exact) mass is 518 g/mol. The number of halogens is 2. The Morgan fingerprint density at radius 3 is 2.53 bits per heavy atom. The number of aromatic nitrogens is 4. The van der Waals surface area contributed by atoms with Crippen LogP contribution < -0.4 is 11.1 Å². The molecule has 9 heteroatoms. The van der Waals surface area contributed by atoms with Gasteiger partial charge in [0.1, 0.15) is 11.6 Å². The van der Waals surface area contributed by atoms with Crippen LogP contribution in [0.2, 0.25) is 0 Å². The molecule has 198 valence electrons. The number of imidazole rings is 1. The Morgan fingerprint density at radius 1 is 1.08 bits per heavy atom. The predicted octanol–water partition coefficient (Wildman–Crippen LogP) is 5.66. The minimum Gasteiger partial charge on any atom is -0.385 e. The summed E-state index contributed by atoms with van der Waals surface area (Å²) < 4.78 is 31.9. The Labute approximate surface area is 220 Å². The van der Waals surface area contributed by atoms with Gasteiger partial charge in [0.25, 0.3) is 0 Å². The molecule has 2 aliphatic carbocycles. The molecule has 3 aromatic heterocycles. The summed E-state index contributed by atoms with van der Waals surface area (Å²) in [6, 6.07) is 7.87. The zero-order chi connectivity index (χ0) is 26.6. The normalized spacial score (nSPS) is 24.8. The molecule has 7 nitrogen and oxygen atoms in total. The van der Waals surface area contributed by atoms with Crippen LogP contribution in [0, 0.1) is 23.5 Å². The third-order valence-corrected chi connectivity index (χ3v) is 8.73. The van der Waals surface area contributed by atoms with Crippen LogP contribution in [0.1, 0.15) is 63.0 Å². The van der Waals surface area contributed by atoms with Crippen molar-refractivity contribution in [1.29, 1.82) is 0 Å². The zero-order valence-corrected chi connectivity index (χ0v) is 21.5. The number of benzene rings is 1. The van der Waals surface area contributed by atoms with Gasteiger partial charge < -0.3 is 16.2 Å². The molecule has 0 aliphatic heterocycles. The first-order chi connectivity index (χ1) is 18.2. The van der Waals surface area contributed by atoms with E-state index in [-0.39, 0.29) is 28.8 Å². The van der Waals surface area contributed by atoms with Gasteiger partial charge in [0.05, 0.1) is 40.5 Å². The first kappa shape index (κ1) is 24.9. The van der Waals surface area contributed by atoms with Crippen molar-refractivity contribution in [1.82, 2.24) is 19.6 Å². The summed E-state index contributed by atoms with van der Waals surface area (Å²) in [5.41, 5.74) is 8.06. The van der Waals surface area contributed by atoms with Crippen LogP contribution in [-0.2, 0) is 5.60 Å². The fourth-order valence-electron chi connectivity index (χ4n) is 5.95. The Morgan fingerprint density at radius 2 is 1.84 bits per heavy atom. The summed E-state index contributed by atoms with van der Waals surface area (Å²) in [7, 11) is 0. The van der Waals surface area contributed by atoms with E-state index in [0.717, 1.165) is 30.5 Å². The molecule has 0 radical (unpaired) electrons. The molecule has 0 amide bonds. The Hall–Kier alpha value is -3.43. The van der Waals surface area contributed by atoms with Crippen LogP contribution >= 0.6 is 0 Å². The summed E-state index contributed by atoms with van der Waals surface area (Å²) in [4.78, 5) is 8.79. The third-order valence-electron chi connectivity index (χ3n) is 8.73. The number of pyridine rings is 1. The maximum Gasteiger partial charge on any atom is 0.229 e. The number of nitrogens with two attached hydrogens (primary N) is 1. The molecule has 4 N–H and O–H groups in total. The molecule has 4 atom stereocenters. The van der Waals surface area contributed by atoms with E-state index >= 15 is 8.78 Å². The van der Waals surface area contributed by atoms with E-state index in [2.05, 4.69) is 34.2 Å². The van der Waals surface area contributed by atoms with E-state index in [1.807, 2.05) is 6.07 Å². The van der Waals surface area contributed by atoms with Gasteiger partial charge in [0.15, 0.2) is 0 Å². The van der Waals surface area contributed by atoms with Gasteiger partial charge in [0.2, 0.25) is 5.95 Å². The summed E-state index contributed by atoms with van der Waals surface area (Å²) in [6.45, 7) is 4.46. The van der Waals surface area contributed by atoms with Gasteiger partial charge in [-0.25, -0.2) is 13.8 Å². The lowest BCUT2D eigenvalue weighted by Crippen LogP contribution is -2.39. The van der Waals surface area contributed by atoms with Gasteiger partial charge in [-0.15, -0.1) is 0 Å². The molecule has 0 saturated heterocycles. The van der Waals surface area contributed by atoms with Gasteiger partial charge in [-0.1, -0.05) is 13.8 Å². The van der Waals surface area contributed by atoms with Crippen molar-refractivity contribution in [3.8, 4) is 11.3 Å². The predicted molar refractivity (Wildman–Crippen MR) is 142 cm³/mol. The van der Waals surface area contributed by atoms with E-state index in [0.29, 0.717) is 36.1 Å². The van der Waals surface area contributed by atoms with Crippen molar-refractivity contribution in [2.45, 2.75) is 63.5 Å². The van der Waals surface area contributed by atoms with Crippen LogP contribution in [0.5, 0.6) is 0 Å². The van der Waals surface area contributed by atoms with Crippen molar-refractivity contribution in [2.75, 3.05) is 5.32 Å². The molecular weight excluding hydrogens is 486 g/mol. The number of nitrogens with one attached hydrogen (secondary N) is 1. The van der Waals surface area contributed by atoms with E-state index < -0.39 is 17.2 Å². The number of fused-ring (bicyclic) bond motifs is 1. The number of anilines is 2. The van der Waals surface area contributed by atoms with Gasteiger partial charge >= 0.3 is 0 Å². The molecule has 3 heterocycles. The number of hydrogen-bond donors (Lipinski definition) is 3. The summed E-state index contributed by atoms with van der Waals surface area (Å²) in [5.74, 6) is 0.154. The van der Waals surface area contributed by atoms with Crippen molar-refractivity contribution >= 4 is 17.2 Å². The molecular formula is C29H32F2N6O. The molecule has 0 bridgehead atoms. The second kappa shape index (κ2) is 9.39. The second-order valence-electron chi connectivity index (χ2n) is 11.1. The van der Waals surface area contributed by atoms with Crippen LogP contribution in [0.15, 0.2) is 48.9 Å². The highest BCUT2D eigenvalue weighted by molar-refractivity contribution is 5.66. The van der Waals surface area contributed by atoms with Gasteiger partial charge in [-0.2, -0.15) is 9.61 Å². The van der Waals surface area contributed by atoms with Crippen LogP contribution in [-0.4, -0.2) is 30.7 Å². The Kier molecular flexibility index (Phi) is 6.15. The maximum absolute atomic E-state index is 15.2. The molecule has 1 aromatic carbocycles. The fourth-order valence-corrected chi connectivity index (χ4v) is 5.95. The molecule has 4 aromatic rings. The summed E-state index contributed by atoms with van der Waals surface area (Å²) in [6.07, 6.45) is 8.95. The van der Waals surface area contributed by atoms with Crippen molar-refractivity contribution in [2.24, 2.45) is 17.6 Å². The van der Waals surface area contributed by atoms with Crippen molar-refractivity contribution in [3.05, 3.63) is 71.7 Å². The van der Waals surface area contributed by atoms with E-state index in [4.69, 9.17) is 5.73 Å². The van der Waals surface area contributed by atoms with Gasteiger partial charge in [0, 0.05) is 12.2 Å². The third kappa shape index (κ3) is 4.23. The maximum atomic E-state index is 15.2. The topological polar surface area (TPSA) is 101 Å². The Bertz CT molecular complexity index is 1460. The second-order valence-corrected chi connectivity index (χ2v) is 11.1. The van der Waals surface area contributed by atoms with Gasteiger partial charge in [-0.05, 0) is 91.3 Å². The first-order valence-electron chi connectivity index (χ1n) is 13.3. The highest BCUT2D eigenvalue weighted by Gasteiger charge is 2.37. The minimum absolute atomic E-state index is 0.127. The molecule has 38 heavy (non-hydrogen) atoms. The summed E-state index contributed by atoms with van der Waals surface area (Å²) in [5, 5.41) is 18.4. The lowest BCUT2D eigenvalue weighted by atomic mass is 9.71. The fraction of sp³-hybridized carbons (Fsp3) is 0.414. The molecule has 2 aliphatic rings. The molecule has 2 fully saturated rings. The van der Waals surface area contributed by atoms with E-state index in [1.165, 1.54) is 16.6 Å². The van der Waals surface area contributed by atoms with Crippen LogP contribution in [0.25, 0.3) is 16.8 Å².